The van der Waals surface area contributed by atoms with Crippen LogP contribution < -0.4 is 5.73 Å². The van der Waals surface area contributed by atoms with E-state index in [1.807, 2.05) is 0 Å². The summed E-state index contributed by atoms with van der Waals surface area (Å²) in [6.45, 7) is 4.86. The van der Waals surface area contributed by atoms with Crippen LogP contribution in [0.5, 0.6) is 0 Å². The lowest BCUT2D eigenvalue weighted by Crippen LogP contribution is -2.49. The van der Waals surface area contributed by atoms with Crippen molar-refractivity contribution in [2.45, 2.75) is 50.6 Å². The molecule has 2 nitrogen and oxygen atoms in total. The highest BCUT2D eigenvalue weighted by Gasteiger charge is 2.45. The van der Waals surface area contributed by atoms with Gasteiger partial charge in [0.25, 0.3) is 0 Å². The number of hydrogen-bond donors (Lipinski definition) is 1. The summed E-state index contributed by atoms with van der Waals surface area (Å²) in [5, 5.41) is 0. The number of nitrogens with two attached hydrogens (primary N) is 1. The monoisotopic (exact) mass is 168 g/mol. The van der Waals surface area contributed by atoms with Crippen molar-refractivity contribution in [1.29, 1.82) is 0 Å². The summed E-state index contributed by atoms with van der Waals surface area (Å²) < 4.78 is 0. The SMILES string of the molecule is CC(N1CCCCC1)C1(N)CC1. The largest absolute Gasteiger partial charge is 0.324 e. The van der Waals surface area contributed by atoms with E-state index in [0.29, 0.717) is 6.04 Å². The number of rotatable bonds is 2. The zero-order valence-electron chi connectivity index (χ0n) is 8.05. The first kappa shape index (κ1) is 8.52. The molecule has 2 N–H and O–H groups in total. The van der Waals surface area contributed by atoms with Gasteiger partial charge in [-0.15, -0.1) is 0 Å². The van der Waals surface area contributed by atoms with E-state index in [9.17, 15) is 0 Å². The van der Waals surface area contributed by atoms with E-state index in [1.54, 1.807) is 0 Å². The van der Waals surface area contributed by atoms with Crippen molar-refractivity contribution in [3.8, 4) is 0 Å². The molecule has 12 heavy (non-hydrogen) atoms. The molecule has 0 amide bonds. The van der Waals surface area contributed by atoms with E-state index in [-0.39, 0.29) is 5.54 Å². The average molecular weight is 168 g/mol. The van der Waals surface area contributed by atoms with E-state index in [2.05, 4.69) is 11.8 Å². The van der Waals surface area contributed by atoms with Gasteiger partial charge in [-0.1, -0.05) is 6.42 Å². The Morgan fingerprint density at radius 2 is 1.75 bits per heavy atom. The molecule has 70 valence electrons. The molecular formula is C10H20N2. The highest BCUT2D eigenvalue weighted by atomic mass is 15.2. The smallest absolute Gasteiger partial charge is 0.0310 e. The van der Waals surface area contributed by atoms with Crippen molar-refractivity contribution in [1.82, 2.24) is 4.90 Å². The van der Waals surface area contributed by atoms with E-state index >= 15 is 0 Å². The standard InChI is InChI=1S/C10H20N2/c1-9(10(11)5-6-10)12-7-3-2-4-8-12/h9H,2-8,11H2,1H3. The van der Waals surface area contributed by atoms with Gasteiger partial charge in [-0.25, -0.2) is 0 Å². The Morgan fingerprint density at radius 3 is 2.25 bits per heavy atom. The normalized spacial score (nSPS) is 31.5. The molecule has 0 aromatic rings. The van der Waals surface area contributed by atoms with E-state index < -0.39 is 0 Å². The molecule has 0 bridgehead atoms. The van der Waals surface area contributed by atoms with Crippen molar-refractivity contribution in [2.24, 2.45) is 5.73 Å². The minimum absolute atomic E-state index is 0.192. The van der Waals surface area contributed by atoms with Gasteiger partial charge in [-0.05, 0) is 45.7 Å². The second-order valence-corrected chi connectivity index (χ2v) is 4.51. The van der Waals surface area contributed by atoms with Crippen molar-refractivity contribution < 1.29 is 0 Å². The fourth-order valence-corrected chi connectivity index (χ4v) is 2.23. The van der Waals surface area contributed by atoms with Crippen LogP contribution in [0.4, 0.5) is 0 Å². The van der Waals surface area contributed by atoms with Crippen molar-refractivity contribution in [3.05, 3.63) is 0 Å². The average Bonchev–Trinajstić information content (AvgIpc) is 2.85. The molecule has 0 radical (unpaired) electrons. The predicted octanol–water partition coefficient (Wildman–Crippen LogP) is 1.35. The second-order valence-electron chi connectivity index (χ2n) is 4.51. The molecule has 2 aliphatic rings. The van der Waals surface area contributed by atoms with Crippen LogP contribution >= 0.6 is 0 Å². The highest BCUT2D eigenvalue weighted by Crippen LogP contribution is 2.38. The minimum atomic E-state index is 0.192. The first-order valence-electron chi connectivity index (χ1n) is 5.25. The summed E-state index contributed by atoms with van der Waals surface area (Å²) in [5.41, 5.74) is 6.37. The quantitative estimate of drug-likeness (QED) is 0.674. The maximum Gasteiger partial charge on any atom is 0.0310 e. The predicted molar refractivity (Wildman–Crippen MR) is 51.0 cm³/mol. The fraction of sp³-hybridized carbons (Fsp3) is 1.00. The minimum Gasteiger partial charge on any atom is -0.324 e. The molecular weight excluding hydrogens is 148 g/mol. The summed E-state index contributed by atoms with van der Waals surface area (Å²) in [7, 11) is 0. The molecule has 0 aromatic carbocycles. The number of piperidine rings is 1. The lowest BCUT2D eigenvalue weighted by atomic mass is 10.0. The Morgan fingerprint density at radius 1 is 1.17 bits per heavy atom. The van der Waals surface area contributed by atoms with Crippen LogP contribution in [0.2, 0.25) is 0 Å². The molecule has 2 rings (SSSR count). The van der Waals surface area contributed by atoms with Crippen LogP contribution in [0.25, 0.3) is 0 Å². The van der Waals surface area contributed by atoms with Gasteiger partial charge in [0.1, 0.15) is 0 Å². The summed E-state index contributed by atoms with van der Waals surface area (Å²) >= 11 is 0. The summed E-state index contributed by atoms with van der Waals surface area (Å²) in [5.74, 6) is 0. The Bertz CT molecular complexity index is 157. The maximum atomic E-state index is 6.18. The number of nitrogens with zero attached hydrogens (tertiary/aromatic N) is 1. The number of hydrogen-bond acceptors (Lipinski definition) is 2. The Labute approximate surface area is 75.1 Å². The van der Waals surface area contributed by atoms with Gasteiger partial charge in [0, 0.05) is 11.6 Å². The van der Waals surface area contributed by atoms with Gasteiger partial charge in [-0.3, -0.25) is 4.90 Å². The summed E-state index contributed by atoms with van der Waals surface area (Å²) in [6, 6.07) is 0.623. The summed E-state index contributed by atoms with van der Waals surface area (Å²) in [6.07, 6.45) is 6.65. The zero-order chi connectivity index (χ0) is 8.60. The molecule has 2 fully saturated rings. The van der Waals surface area contributed by atoms with E-state index in [4.69, 9.17) is 5.73 Å². The van der Waals surface area contributed by atoms with Crippen LogP contribution in [0.3, 0.4) is 0 Å². The van der Waals surface area contributed by atoms with Crippen LogP contribution in [-0.2, 0) is 0 Å². The maximum absolute atomic E-state index is 6.18. The van der Waals surface area contributed by atoms with E-state index in [1.165, 1.54) is 45.2 Å². The van der Waals surface area contributed by atoms with Crippen LogP contribution in [0.15, 0.2) is 0 Å². The molecule has 0 aromatic heterocycles. The second kappa shape index (κ2) is 3.00. The third kappa shape index (κ3) is 1.50. The lowest BCUT2D eigenvalue weighted by Gasteiger charge is -2.35. The molecule has 2 heteroatoms. The molecule has 1 unspecified atom stereocenters. The topological polar surface area (TPSA) is 29.3 Å². The Hall–Kier alpha value is -0.0800. The van der Waals surface area contributed by atoms with Crippen LogP contribution in [-0.4, -0.2) is 29.6 Å². The Balaban J connectivity index is 1.89. The third-order valence-electron chi connectivity index (χ3n) is 3.60. The van der Waals surface area contributed by atoms with Crippen molar-refractivity contribution in [3.63, 3.8) is 0 Å². The molecule has 1 atom stereocenters. The first-order valence-corrected chi connectivity index (χ1v) is 5.25. The molecule has 1 aliphatic heterocycles. The lowest BCUT2D eigenvalue weighted by molar-refractivity contribution is 0.147. The van der Waals surface area contributed by atoms with Crippen molar-refractivity contribution >= 4 is 0 Å². The van der Waals surface area contributed by atoms with Crippen LogP contribution in [0.1, 0.15) is 39.0 Å². The van der Waals surface area contributed by atoms with Gasteiger partial charge < -0.3 is 5.73 Å². The van der Waals surface area contributed by atoms with Gasteiger partial charge in [-0.2, -0.15) is 0 Å². The third-order valence-corrected chi connectivity index (χ3v) is 3.60. The molecule has 1 saturated carbocycles. The molecule has 0 spiro atoms. The first-order chi connectivity index (χ1) is 5.72. The summed E-state index contributed by atoms with van der Waals surface area (Å²) in [4.78, 5) is 2.58. The molecule has 1 saturated heterocycles. The van der Waals surface area contributed by atoms with Gasteiger partial charge in [0.2, 0.25) is 0 Å². The van der Waals surface area contributed by atoms with Gasteiger partial charge in [0.15, 0.2) is 0 Å². The Kier molecular flexibility index (Phi) is 2.13. The fourth-order valence-electron chi connectivity index (χ4n) is 2.23. The van der Waals surface area contributed by atoms with Gasteiger partial charge in [0.05, 0.1) is 0 Å². The molecule has 1 aliphatic carbocycles. The van der Waals surface area contributed by atoms with Crippen LogP contribution in [0, 0.1) is 0 Å². The van der Waals surface area contributed by atoms with Crippen molar-refractivity contribution in [2.75, 3.05) is 13.1 Å². The molecule has 1 heterocycles. The van der Waals surface area contributed by atoms with Gasteiger partial charge >= 0.3 is 0 Å². The van der Waals surface area contributed by atoms with E-state index in [0.717, 1.165) is 0 Å². The highest BCUT2D eigenvalue weighted by molar-refractivity contribution is 5.06. The zero-order valence-corrected chi connectivity index (χ0v) is 8.05. The number of likely N-dealkylation sites (tertiary alicyclic amines) is 1.